The highest BCUT2D eigenvalue weighted by atomic mass is 15.3. The first-order chi connectivity index (χ1) is 4.77. The minimum Gasteiger partial charge on any atom is -0.367 e. The molecule has 0 amide bonds. The molecule has 0 aliphatic heterocycles. The molecule has 0 rings (SSSR count). The van der Waals surface area contributed by atoms with E-state index >= 15 is 0 Å². The summed E-state index contributed by atoms with van der Waals surface area (Å²) in [6, 6.07) is 0. The van der Waals surface area contributed by atoms with Crippen molar-refractivity contribution in [2.45, 2.75) is 19.8 Å². The van der Waals surface area contributed by atoms with Gasteiger partial charge in [-0.15, -0.1) is 5.10 Å². The van der Waals surface area contributed by atoms with E-state index in [1.165, 1.54) is 0 Å². The molecular formula is C7H15N3. The molecule has 0 bridgehead atoms. The van der Waals surface area contributed by atoms with E-state index in [9.17, 15) is 0 Å². The molecule has 0 aliphatic rings. The summed E-state index contributed by atoms with van der Waals surface area (Å²) in [6.07, 6.45) is 5.62. The normalized spacial score (nSPS) is 11.5. The lowest BCUT2D eigenvalue weighted by Crippen LogP contribution is -2.06. The van der Waals surface area contributed by atoms with E-state index < -0.39 is 0 Å². The molecule has 58 valence electrons. The summed E-state index contributed by atoms with van der Waals surface area (Å²) in [7, 11) is 3.83. The van der Waals surface area contributed by atoms with E-state index in [1.54, 1.807) is 6.34 Å². The molecule has 0 aromatic carbocycles. The third-order valence-corrected chi connectivity index (χ3v) is 0.849. The second-order valence-electron chi connectivity index (χ2n) is 2.28. The zero-order valence-corrected chi connectivity index (χ0v) is 6.91. The molecule has 10 heavy (non-hydrogen) atoms. The third kappa shape index (κ3) is 7.14. The van der Waals surface area contributed by atoms with Gasteiger partial charge >= 0.3 is 0 Å². The van der Waals surface area contributed by atoms with Crippen LogP contribution in [-0.2, 0) is 0 Å². The van der Waals surface area contributed by atoms with Crippen LogP contribution in [0.5, 0.6) is 0 Å². The van der Waals surface area contributed by atoms with E-state index in [0.717, 1.165) is 12.8 Å². The Morgan fingerprint density at radius 2 is 2.00 bits per heavy atom. The Kier molecular flexibility index (Phi) is 5.72. The summed E-state index contributed by atoms with van der Waals surface area (Å²) < 4.78 is 0. The molecule has 3 nitrogen and oxygen atoms in total. The van der Waals surface area contributed by atoms with Crippen molar-refractivity contribution in [3.63, 3.8) is 0 Å². The van der Waals surface area contributed by atoms with Gasteiger partial charge in [0.05, 0.1) is 0 Å². The van der Waals surface area contributed by atoms with E-state index in [0.29, 0.717) is 0 Å². The predicted octanol–water partition coefficient (Wildman–Crippen LogP) is 1.36. The lowest BCUT2D eigenvalue weighted by molar-refractivity contribution is 0.640. The SMILES string of the molecule is CCC/C=N\N=C/N(C)C. The molecule has 0 unspecified atom stereocenters. The van der Waals surface area contributed by atoms with Crippen molar-refractivity contribution in [1.82, 2.24) is 4.90 Å². The highest BCUT2D eigenvalue weighted by Gasteiger charge is 1.73. The van der Waals surface area contributed by atoms with Gasteiger partial charge in [-0.3, -0.25) is 0 Å². The van der Waals surface area contributed by atoms with Crippen molar-refractivity contribution in [3.05, 3.63) is 0 Å². The Morgan fingerprint density at radius 1 is 1.30 bits per heavy atom. The van der Waals surface area contributed by atoms with Crippen LogP contribution in [0.1, 0.15) is 19.8 Å². The number of rotatable bonds is 4. The molecule has 0 N–H and O–H groups in total. The molecule has 0 radical (unpaired) electrons. The molecule has 0 aliphatic carbocycles. The van der Waals surface area contributed by atoms with Crippen LogP contribution in [0.25, 0.3) is 0 Å². The average Bonchev–Trinajstić information content (AvgIpc) is 1.87. The molecular weight excluding hydrogens is 126 g/mol. The van der Waals surface area contributed by atoms with Crippen molar-refractivity contribution in [2.24, 2.45) is 10.2 Å². The smallest absolute Gasteiger partial charge is 0.113 e. The van der Waals surface area contributed by atoms with Gasteiger partial charge in [-0.25, -0.2) is 0 Å². The van der Waals surface area contributed by atoms with Gasteiger partial charge in [0, 0.05) is 20.3 Å². The predicted molar refractivity (Wildman–Crippen MR) is 45.6 cm³/mol. The topological polar surface area (TPSA) is 28.0 Å². The molecule has 0 saturated heterocycles. The van der Waals surface area contributed by atoms with Crippen LogP contribution in [0.3, 0.4) is 0 Å². The molecule has 3 heteroatoms. The van der Waals surface area contributed by atoms with E-state index in [1.807, 2.05) is 25.2 Å². The van der Waals surface area contributed by atoms with Crippen LogP contribution in [0.2, 0.25) is 0 Å². The maximum absolute atomic E-state index is 3.80. The number of unbranched alkanes of at least 4 members (excludes halogenated alkanes) is 1. The molecule has 0 saturated carbocycles. The number of nitrogens with zero attached hydrogens (tertiary/aromatic N) is 3. The Hall–Kier alpha value is -0.860. The van der Waals surface area contributed by atoms with Gasteiger partial charge in [0.15, 0.2) is 0 Å². The first-order valence-electron chi connectivity index (χ1n) is 3.48. The second-order valence-corrected chi connectivity index (χ2v) is 2.28. The second kappa shape index (κ2) is 6.26. The summed E-state index contributed by atoms with van der Waals surface area (Å²) in [5.41, 5.74) is 0. The standard InChI is InChI=1S/C7H15N3/c1-4-5-6-8-9-7-10(2)3/h6-7H,4-5H2,1-3H3/b8-6-,9-7-. The summed E-state index contributed by atoms with van der Waals surface area (Å²) in [6.45, 7) is 2.11. The van der Waals surface area contributed by atoms with Crippen LogP contribution in [-0.4, -0.2) is 31.5 Å². The maximum Gasteiger partial charge on any atom is 0.113 e. The van der Waals surface area contributed by atoms with Crippen LogP contribution in [0, 0.1) is 0 Å². The number of hydrogen-bond donors (Lipinski definition) is 0. The van der Waals surface area contributed by atoms with Crippen molar-refractivity contribution in [2.75, 3.05) is 14.1 Å². The monoisotopic (exact) mass is 141 g/mol. The van der Waals surface area contributed by atoms with Crippen molar-refractivity contribution >= 4 is 12.6 Å². The fraction of sp³-hybridized carbons (Fsp3) is 0.714. The van der Waals surface area contributed by atoms with Gasteiger partial charge < -0.3 is 4.90 Å². The first kappa shape index (κ1) is 9.14. The van der Waals surface area contributed by atoms with E-state index in [4.69, 9.17) is 0 Å². The van der Waals surface area contributed by atoms with Gasteiger partial charge in [-0.1, -0.05) is 13.3 Å². The summed E-state index contributed by atoms with van der Waals surface area (Å²) >= 11 is 0. The summed E-state index contributed by atoms with van der Waals surface area (Å²) in [4.78, 5) is 1.85. The van der Waals surface area contributed by atoms with Gasteiger partial charge in [-0.05, 0) is 6.42 Å². The van der Waals surface area contributed by atoms with Crippen LogP contribution in [0.15, 0.2) is 10.2 Å². The van der Waals surface area contributed by atoms with E-state index in [2.05, 4.69) is 17.1 Å². The summed E-state index contributed by atoms with van der Waals surface area (Å²) in [5.74, 6) is 0. The highest BCUT2D eigenvalue weighted by molar-refractivity contribution is 5.59. The molecule has 0 spiro atoms. The molecule has 0 aromatic rings. The van der Waals surface area contributed by atoms with Crippen LogP contribution >= 0.6 is 0 Å². The molecule has 0 atom stereocenters. The van der Waals surface area contributed by atoms with E-state index in [-0.39, 0.29) is 0 Å². The minimum absolute atomic E-state index is 1.00. The summed E-state index contributed by atoms with van der Waals surface area (Å²) in [5, 5.41) is 7.58. The average molecular weight is 141 g/mol. The van der Waals surface area contributed by atoms with Crippen LogP contribution < -0.4 is 0 Å². The van der Waals surface area contributed by atoms with Gasteiger partial charge in [0.2, 0.25) is 0 Å². The Labute approximate surface area is 62.4 Å². The quantitative estimate of drug-likeness (QED) is 0.330. The zero-order valence-electron chi connectivity index (χ0n) is 6.91. The van der Waals surface area contributed by atoms with Crippen molar-refractivity contribution in [3.8, 4) is 0 Å². The molecule has 0 aromatic heterocycles. The highest BCUT2D eigenvalue weighted by Crippen LogP contribution is 1.80. The maximum atomic E-state index is 3.80. The zero-order chi connectivity index (χ0) is 7.82. The Morgan fingerprint density at radius 3 is 2.50 bits per heavy atom. The third-order valence-electron chi connectivity index (χ3n) is 0.849. The fourth-order valence-corrected chi connectivity index (χ4v) is 0.367. The molecule has 0 fully saturated rings. The molecule has 0 heterocycles. The lowest BCUT2D eigenvalue weighted by Gasteiger charge is -1.98. The van der Waals surface area contributed by atoms with Crippen LogP contribution in [0.4, 0.5) is 0 Å². The lowest BCUT2D eigenvalue weighted by atomic mass is 10.4. The van der Waals surface area contributed by atoms with Crippen molar-refractivity contribution < 1.29 is 0 Å². The van der Waals surface area contributed by atoms with Gasteiger partial charge in [0.1, 0.15) is 6.34 Å². The Balaban J connectivity index is 3.32. The van der Waals surface area contributed by atoms with Gasteiger partial charge in [0.25, 0.3) is 0 Å². The Bertz CT molecular complexity index is 116. The minimum atomic E-state index is 1.00. The first-order valence-corrected chi connectivity index (χ1v) is 3.48. The van der Waals surface area contributed by atoms with Crippen molar-refractivity contribution in [1.29, 1.82) is 0 Å². The largest absolute Gasteiger partial charge is 0.367 e. The number of hydrogen-bond acceptors (Lipinski definition) is 2. The fourth-order valence-electron chi connectivity index (χ4n) is 0.367. The van der Waals surface area contributed by atoms with Gasteiger partial charge in [-0.2, -0.15) is 5.10 Å².